The molecule has 1 heterocycles. The van der Waals surface area contributed by atoms with Gasteiger partial charge in [-0.1, -0.05) is 36.0 Å². The second-order valence-electron chi connectivity index (χ2n) is 5.87. The molecule has 7 heteroatoms. The summed E-state index contributed by atoms with van der Waals surface area (Å²) < 4.78 is 6.85. The fraction of sp³-hybridized carbons (Fsp3) is 0.250. The number of aromatic nitrogens is 2. The van der Waals surface area contributed by atoms with E-state index < -0.39 is 0 Å². The fourth-order valence-electron chi connectivity index (χ4n) is 2.74. The number of rotatable bonds is 7. The minimum absolute atomic E-state index is 0.133. The molecule has 0 fully saturated rings. The molecule has 3 aromatic rings. The van der Waals surface area contributed by atoms with Crippen molar-refractivity contribution in [2.45, 2.75) is 25.0 Å². The third-order valence-electron chi connectivity index (χ3n) is 4.10. The van der Waals surface area contributed by atoms with Crippen molar-refractivity contribution in [1.82, 2.24) is 14.9 Å². The van der Waals surface area contributed by atoms with Crippen LogP contribution in [0.1, 0.15) is 12.5 Å². The van der Waals surface area contributed by atoms with E-state index in [0.29, 0.717) is 18.1 Å². The van der Waals surface area contributed by atoms with E-state index >= 15 is 0 Å². The van der Waals surface area contributed by atoms with Gasteiger partial charge >= 0.3 is 0 Å². The average Bonchev–Trinajstić information content (AvgIpc) is 2.71. The number of fused-ring (bicyclic) bond motifs is 1. The summed E-state index contributed by atoms with van der Waals surface area (Å²) in [5.74, 6) is 0.727. The summed E-state index contributed by atoms with van der Waals surface area (Å²) in [4.78, 5) is 29.2. The first-order valence-electron chi connectivity index (χ1n) is 8.64. The molecule has 1 amide bonds. The van der Waals surface area contributed by atoms with E-state index in [2.05, 4.69) is 10.3 Å². The number of hydrogen-bond donors (Lipinski definition) is 1. The van der Waals surface area contributed by atoms with Gasteiger partial charge in [-0.2, -0.15) is 0 Å². The largest absolute Gasteiger partial charge is 0.497 e. The monoisotopic (exact) mass is 383 g/mol. The van der Waals surface area contributed by atoms with Gasteiger partial charge in [0.25, 0.3) is 5.56 Å². The summed E-state index contributed by atoms with van der Waals surface area (Å²) in [6.45, 7) is 2.88. The van der Waals surface area contributed by atoms with Gasteiger partial charge in [0.05, 0.1) is 23.9 Å². The van der Waals surface area contributed by atoms with Gasteiger partial charge in [-0.05, 0) is 36.8 Å². The lowest BCUT2D eigenvalue weighted by atomic mass is 10.2. The van der Waals surface area contributed by atoms with Crippen LogP contribution in [-0.2, 0) is 17.9 Å². The van der Waals surface area contributed by atoms with E-state index in [1.54, 1.807) is 11.7 Å². The molecule has 0 radical (unpaired) electrons. The van der Waals surface area contributed by atoms with Crippen molar-refractivity contribution in [2.75, 3.05) is 12.9 Å². The molecule has 0 spiro atoms. The van der Waals surface area contributed by atoms with E-state index in [-0.39, 0.29) is 17.2 Å². The first-order valence-corrected chi connectivity index (χ1v) is 9.63. The maximum Gasteiger partial charge on any atom is 0.283 e. The molecule has 6 nitrogen and oxygen atoms in total. The van der Waals surface area contributed by atoms with Gasteiger partial charge in [0.2, 0.25) is 5.91 Å². The van der Waals surface area contributed by atoms with Crippen LogP contribution < -0.4 is 15.6 Å². The molecule has 27 heavy (non-hydrogen) atoms. The summed E-state index contributed by atoms with van der Waals surface area (Å²) in [5, 5.41) is 3.19. The Labute approximate surface area is 161 Å². The zero-order valence-corrected chi connectivity index (χ0v) is 16.1. The number of carbonyl (C=O) groups excluding carboxylic acids is 1. The van der Waals surface area contributed by atoms with E-state index in [4.69, 9.17) is 4.74 Å². The summed E-state index contributed by atoms with van der Waals surface area (Å²) in [7, 11) is 1.61. The summed E-state index contributed by atoms with van der Waals surface area (Å²) in [5.41, 5.74) is 2.33. The summed E-state index contributed by atoms with van der Waals surface area (Å²) >= 11 is 1.16. The Bertz CT molecular complexity index is 1020. The Morgan fingerprint density at radius 3 is 2.81 bits per heavy atom. The van der Waals surface area contributed by atoms with Crippen molar-refractivity contribution < 1.29 is 9.53 Å². The first-order chi connectivity index (χ1) is 13.1. The number of nitrogens with zero attached hydrogens (tertiary/aromatic N) is 2. The van der Waals surface area contributed by atoms with Crippen molar-refractivity contribution >= 4 is 28.7 Å². The lowest BCUT2D eigenvalue weighted by Gasteiger charge is -2.10. The molecule has 140 valence electrons. The van der Waals surface area contributed by atoms with Gasteiger partial charge in [-0.3, -0.25) is 9.59 Å². The highest BCUT2D eigenvalue weighted by molar-refractivity contribution is 7.99. The summed E-state index contributed by atoms with van der Waals surface area (Å²) in [6.07, 6.45) is 0. The molecular weight excluding hydrogens is 362 g/mol. The van der Waals surface area contributed by atoms with Crippen molar-refractivity contribution in [3.63, 3.8) is 0 Å². The lowest BCUT2D eigenvalue weighted by molar-refractivity contribution is -0.118. The predicted molar refractivity (Wildman–Crippen MR) is 107 cm³/mol. The maximum absolute atomic E-state index is 12.6. The molecular formula is C20H21N3O3S. The average molecular weight is 383 g/mol. The van der Waals surface area contributed by atoms with Crippen molar-refractivity contribution in [2.24, 2.45) is 0 Å². The van der Waals surface area contributed by atoms with E-state index in [1.807, 2.05) is 55.5 Å². The van der Waals surface area contributed by atoms with Crippen LogP contribution in [0.4, 0.5) is 0 Å². The Morgan fingerprint density at radius 1 is 1.22 bits per heavy atom. The van der Waals surface area contributed by atoms with Crippen LogP contribution in [-0.4, -0.2) is 28.3 Å². The number of methoxy groups -OCH3 is 1. The predicted octanol–water partition coefficient (Wildman–Crippen LogP) is 2.83. The lowest BCUT2D eigenvalue weighted by Crippen LogP contribution is -2.26. The number of thioether (sulfide) groups is 1. The van der Waals surface area contributed by atoms with Crippen molar-refractivity contribution in [1.29, 1.82) is 0 Å². The zero-order chi connectivity index (χ0) is 19.2. The number of amides is 1. The molecule has 0 atom stereocenters. The van der Waals surface area contributed by atoms with Gasteiger partial charge in [0.15, 0.2) is 5.03 Å². The van der Waals surface area contributed by atoms with Crippen LogP contribution in [0, 0.1) is 0 Å². The van der Waals surface area contributed by atoms with Crippen molar-refractivity contribution in [3.8, 4) is 5.75 Å². The summed E-state index contributed by atoms with van der Waals surface area (Å²) in [6, 6.07) is 15.0. The van der Waals surface area contributed by atoms with Gasteiger partial charge in [-0.15, -0.1) is 0 Å². The maximum atomic E-state index is 12.6. The smallest absolute Gasteiger partial charge is 0.283 e. The number of para-hydroxylation sites is 2. The quantitative estimate of drug-likeness (QED) is 0.635. The molecule has 0 aliphatic heterocycles. The Morgan fingerprint density at radius 2 is 2.04 bits per heavy atom. The molecule has 0 saturated heterocycles. The van der Waals surface area contributed by atoms with Gasteiger partial charge in [0, 0.05) is 13.1 Å². The second-order valence-corrected chi connectivity index (χ2v) is 6.84. The minimum atomic E-state index is -0.165. The number of nitrogens with one attached hydrogen (secondary N) is 1. The van der Waals surface area contributed by atoms with Gasteiger partial charge in [-0.25, -0.2) is 4.98 Å². The Hall–Kier alpha value is -2.80. The number of ether oxygens (including phenoxy) is 1. The second kappa shape index (κ2) is 8.73. The molecule has 0 aliphatic rings. The minimum Gasteiger partial charge on any atom is -0.497 e. The van der Waals surface area contributed by atoms with Crippen LogP contribution in [0.3, 0.4) is 0 Å². The topological polar surface area (TPSA) is 73.2 Å². The standard InChI is InChI=1S/C20H21N3O3S/c1-3-23-17-10-5-4-9-16(17)22-19(20(23)25)27-13-18(24)21-12-14-7-6-8-15(11-14)26-2/h4-11H,3,12-13H2,1-2H3,(H,21,24). The van der Waals surface area contributed by atoms with Gasteiger partial charge < -0.3 is 14.6 Å². The molecule has 1 aromatic heterocycles. The Kier molecular flexibility index (Phi) is 6.13. The van der Waals surface area contributed by atoms with E-state index in [0.717, 1.165) is 34.1 Å². The molecule has 0 saturated carbocycles. The molecule has 0 bridgehead atoms. The third kappa shape index (κ3) is 4.49. The van der Waals surface area contributed by atoms with Crippen LogP contribution in [0.25, 0.3) is 11.0 Å². The van der Waals surface area contributed by atoms with Crippen LogP contribution in [0.15, 0.2) is 58.4 Å². The SMILES string of the molecule is CCn1c(=O)c(SCC(=O)NCc2cccc(OC)c2)nc2ccccc21. The number of aryl methyl sites for hydroxylation is 1. The normalized spacial score (nSPS) is 10.7. The van der Waals surface area contributed by atoms with Crippen LogP contribution in [0.5, 0.6) is 5.75 Å². The highest BCUT2D eigenvalue weighted by Gasteiger charge is 2.12. The zero-order valence-electron chi connectivity index (χ0n) is 15.3. The first kappa shape index (κ1) is 19.0. The van der Waals surface area contributed by atoms with Crippen LogP contribution >= 0.6 is 11.8 Å². The number of carbonyl (C=O) groups is 1. The van der Waals surface area contributed by atoms with Crippen molar-refractivity contribution in [3.05, 3.63) is 64.4 Å². The molecule has 0 unspecified atom stereocenters. The van der Waals surface area contributed by atoms with Crippen LogP contribution in [0.2, 0.25) is 0 Å². The number of benzene rings is 2. The molecule has 0 aliphatic carbocycles. The molecule has 3 rings (SSSR count). The molecule has 2 aromatic carbocycles. The van der Waals surface area contributed by atoms with E-state index in [1.165, 1.54) is 0 Å². The van der Waals surface area contributed by atoms with Gasteiger partial charge in [0.1, 0.15) is 5.75 Å². The third-order valence-corrected chi connectivity index (χ3v) is 5.05. The highest BCUT2D eigenvalue weighted by Crippen LogP contribution is 2.17. The molecule has 1 N–H and O–H groups in total. The van der Waals surface area contributed by atoms with E-state index in [9.17, 15) is 9.59 Å². The Balaban J connectivity index is 1.66. The fourth-order valence-corrected chi connectivity index (χ4v) is 3.51. The highest BCUT2D eigenvalue weighted by atomic mass is 32.2. The number of hydrogen-bond acceptors (Lipinski definition) is 5.